The molecule has 2 nitrogen and oxygen atoms in total. The summed E-state index contributed by atoms with van der Waals surface area (Å²) >= 11 is 0. The van der Waals surface area contributed by atoms with E-state index in [4.69, 9.17) is 5.73 Å². The lowest BCUT2D eigenvalue weighted by atomic mass is 10.1. The highest BCUT2D eigenvalue weighted by molar-refractivity contribution is 5.53. The zero-order chi connectivity index (χ0) is 10.7. The Morgan fingerprint density at radius 2 is 2.00 bits per heavy atom. The molecule has 1 rings (SSSR count). The van der Waals surface area contributed by atoms with Gasteiger partial charge in [0.25, 0.3) is 0 Å². The minimum Gasteiger partial charge on any atom is -0.373 e. The minimum atomic E-state index is 0.209. The molecule has 0 saturated heterocycles. The van der Waals surface area contributed by atoms with Crippen LogP contribution in [0.3, 0.4) is 0 Å². The smallest absolute Gasteiger partial charge is 0.0394 e. The van der Waals surface area contributed by atoms with Crippen LogP contribution in [0.25, 0.3) is 0 Å². The molecule has 0 radical (unpaired) electrons. The van der Waals surface area contributed by atoms with Crippen LogP contribution in [-0.2, 0) is 0 Å². The Bertz CT molecular complexity index is 305. The number of likely N-dealkylation sites (N-methyl/N-ethyl adjacent to an activating group) is 1. The van der Waals surface area contributed by atoms with Crippen LogP contribution in [0.5, 0.6) is 0 Å². The quantitative estimate of drug-likeness (QED) is 0.794. The second kappa shape index (κ2) is 4.47. The van der Waals surface area contributed by atoms with Crippen molar-refractivity contribution in [3.05, 3.63) is 29.3 Å². The zero-order valence-corrected chi connectivity index (χ0v) is 9.54. The first-order chi connectivity index (χ1) is 6.50. The molecule has 0 aliphatic heterocycles. The fourth-order valence-electron chi connectivity index (χ4n) is 1.76. The molecule has 14 heavy (non-hydrogen) atoms. The van der Waals surface area contributed by atoms with Crippen LogP contribution in [0.2, 0.25) is 0 Å². The van der Waals surface area contributed by atoms with Gasteiger partial charge >= 0.3 is 0 Å². The number of rotatable bonds is 3. The van der Waals surface area contributed by atoms with Crippen LogP contribution >= 0.6 is 0 Å². The van der Waals surface area contributed by atoms with Crippen LogP contribution in [0.4, 0.5) is 5.69 Å². The molecule has 2 N–H and O–H groups in total. The van der Waals surface area contributed by atoms with Gasteiger partial charge in [0, 0.05) is 25.3 Å². The molecule has 2 heteroatoms. The molecular formula is C12H20N2. The zero-order valence-electron chi connectivity index (χ0n) is 9.54. The Labute approximate surface area is 86.7 Å². The highest BCUT2D eigenvalue weighted by Crippen LogP contribution is 2.19. The maximum Gasteiger partial charge on any atom is 0.0394 e. The summed E-state index contributed by atoms with van der Waals surface area (Å²) in [4.78, 5) is 2.21. The normalized spacial score (nSPS) is 12.6. The lowest BCUT2D eigenvalue weighted by Gasteiger charge is -2.23. The van der Waals surface area contributed by atoms with Crippen molar-refractivity contribution in [1.29, 1.82) is 0 Å². The van der Waals surface area contributed by atoms with Gasteiger partial charge in [0.15, 0.2) is 0 Å². The van der Waals surface area contributed by atoms with Crippen molar-refractivity contribution in [3.63, 3.8) is 0 Å². The number of hydrogen-bond donors (Lipinski definition) is 1. The third-order valence-corrected chi connectivity index (χ3v) is 2.33. The van der Waals surface area contributed by atoms with E-state index in [-0.39, 0.29) is 6.04 Å². The van der Waals surface area contributed by atoms with Gasteiger partial charge in [-0.25, -0.2) is 0 Å². The van der Waals surface area contributed by atoms with Gasteiger partial charge in [-0.05, 0) is 32.4 Å². The lowest BCUT2D eigenvalue weighted by molar-refractivity contribution is 0.716. The van der Waals surface area contributed by atoms with Crippen molar-refractivity contribution < 1.29 is 0 Å². The summed E-state index contributed by atoms with van der Waals surface area (Å²) in [6.45, 7) is 7.17. The number of hydrogen-bond acceptors (Lipinski definition) is 2. The van der Waals surface area contributed by atoms with E-state index in [2.05, 4.69) is 44.0 Å². The highest BCUT2D eigenvalue weighted by Gasteiger charge is 2.05. The van der Waals surface area contributed by atoms with E-state index in [0.717, 1.165) is 6.54 Å². The van der Waals surface area contributed by atoms with Gasteiger partial charge in [0.05, 0.1) is 0 Å². The Morgan fingerprint density at radius 1 is 1.36 bits per heavy atom. The van der Waals surface area contributed by atoms with Gasteiger partial charge in [0.2, 0.25) is 0 Å². The van der Waals surface area contributed by atoms with Gasteiger partial charge in [-0.2, -0.15) is 0 Å². The molecule has 0 aliphatic rings. The molecule has 1 unspecified atom stereocenters. The monoisotopic (exact) mass is 192 g/mol. The van der Waals surface area contributed by atoms with Crippen molar-refractivity contribution >= 4 is 5.69 Å². The molecule has 1 aromatic rings. The Hall–Kier alpha value is -1.02. The molecule has 0 aromatic heterocycles. The molecule has 1 atom stereocenters. The van der Waals surface area contributed by atoms with E-state index >= 15 is 0 Å². The first-order valence-corrected chi connectivity index (χ1v) is 5.04. The van der Waals surface area contributed by atoms with E-state index < -0.39 is 0 Å². The summed E-state index contributed by atoms with van der Waals surface area (Å²) in [5.74, 6) is 0. The van der Waals surface area contributed by atoms with E-state index in [0.29, 0.717) is 0 Å². The summed E-state index contributed by atoms with van der Waals surface area (Å²) in [6, 6.07) is 6.71. The lowest BCUT2D eigenvalue weighted by Crippen LogP contribution is -2.33. The number of aryl methyl sites for hydroxylation is 2. The Balaban J connectivity index is 2.84. The predicted octanol–water partition coefficient (Wildman–Crippen LogP) is 2.09. The third-order valence-electron chi connectivity index (χ3n) is 2.33. The topological polar surface area (TPSA) is 29.3 Å². The molecular weight excluding hydrogens is 172 g/mol. The van der Waals surface area contributed by atoms with Crippen molar-refractivity contribution in [1.82, 2.24) is 0 Å². The first kappa shape index (κ1) is 11.1. The Kier molecular flexibility index (Phi) is 3.53. The van der Waals surface area contributed by atoms with Crippen LogP contribution in [0, 0.1) is 13.8 Å². The number of nitrogens with two attached hydrogens (primary N) is 1. The third kappa shape index (κ3) is 2.74. The van der Waals surface area contributed by atoms with Gasteiger partial charge in [-0.3, -0.25) is 0 Å². The molecule has 78 valence electrons. The number of anilines is 1. The summed E-state index contributed by atoms with van der Waals surface area (Å²) < 4.78 is 0. The van der Waals surface area contributed by atoms with Crippen LogP contribution in [0.15, 0.2) is 18.2 Å². The molecule has 0 saturated carbocycles. The summed E-state index contributed by atoms with van der Waals surface area (Å²) in [5.41, 5.74) is 9.66. The molecule has 1 aromatic carbocycles. The summed E-state index contributed by atoms with van der Waals surface area (Å²) in [6.07, 6.45) is 0. The largest absolute Gasteiger partial charge is 0.373 e. The maximum absolute atomic E-state index is 5.77. The SMILES string of the molecule is Cc1ccc(N(C)CC(C)N)c(C)c1. The van der Waals surface area contributed by atoms with Gasteiger partial charge < -0.3 is 10.6 Å². The molecule has 0 bridgehead atoms. The molecule has 0 fully saturated rings. The molecule has 0 heterocycles. The van der Waals surface area contributed by atoms with Gasteiger partial charge in [-0.1, -0.05) is 17.7 Å². The average Bonchev–Trinajstić information content (AvgIpc) is 2.01. The van der Waals surface area contributed by atoms with Crippen LogP contribution < -0.4 is 10.6 Å². The van der Waals surface area contributed by atoms with Crippen molar-refractivity contribution in [2.45, 2.75) is 26.8 Å². The average molecular weight is 192 g/mol. The van der Waals surface area contributed by atoms with E-state index in [1.165, 1.54) is 16.8 Å². The molecule has 0 aliphatic carbocycles. The van der Waals surface area contributed by atoms with Gasteiger partial charge in [-0.15, -0.1) is 0 Å². The van der Waals surface area contributed by atoms with Crippen LogP contribution in [0.1, 0.15) is 18.1 Å². The number of benzene rings is 1. The predicted molar refractivity (Wildman–Crippen MR) is 62.8 cm³/mol. The van der Waals surface area contributed by atoms with Gasteiger partial charge in [0.1, 0.15) is 0 Å². The second-order valence-electron chi connectivity index (χ2n) is 4.15. The second-order valence-corrected chi connectivity index (χ2v) is 4.15. The fourth-order valence-corrected chi connectivity index (χ4v) is 1.76. The van der Waals surface area contributed by atoms with E-state index in [1.54, 1.807) is 0 Å². The van der Waals surface area contributed by atoms with E-state index in [9.17, 15) is 0 Å². The minimum absolute atomic E-state index is 0.209. The number of nitrogens with zero attached hydrogens (tertiary/aromatic N) is 1. The van der Waals surface area contributed by atoms with E-state index in [1.807, 2.05) is 6.92 Å². The fraction of sp³-hybridized carbons (Fsp3) is 0.500. The first-order valence-electron chi connectivity index (χ1n) is 5.04. The standard InChI is InChI=1S/C12H20N2/c1-9-5-6-12(10(2)7-9)14(4)8-11(3)13/h5-7,11H,8,13H2,1-4H3. The van der Waals surface area contributed by atoms with Crippen molar-refractivity contribution in [2.75, 3.05) is 18.5 Å². The molecule has 0 amide bonds. The Morgan fingerprint density at radius 3 is 2.50 bits per heavy atom. The van der Waals surface area contributed by atoms with Crippen LogP contribution in [-0.4, -0.2) is 19.6 Å². The van der Waals surface area contributed by atoms with Crippen molar-refractivity contribution in [3.8, 4) is 0 Å². The summed E-state index contributed by atoms with van der Waals surface area (Å²) in [5, 5.41) is 0. The molecule has 0 spiro atoms. The summed E-state index contributed by atoms with van der Waals surface area (Å²) in [7, 11) is 2.08. The van der Waals surface area contributed by atoms with Crippen molar-refractivity contribution in [2.24, 2.45) is 5.73 Å². The maximum atomic E-state index is 5.77. The highest BCUT2D eigenvalue weighted by atomic mass is 15.1.